The Balaban J connectivity index is 2.06. The smallest absolute Gasteiger partial charge is 0.229 e. The SMILES string of the molecule is Cc1n[nH]c(C)c1NC(=O)C1CC(=O)N(C)C1. The number of rotatable bonds is 2. The first-order valence-corrected chi connectivity index (χ1v) is 5.55. The van der Waals surface area contributed by atoms with Gasteiger partial charge in [0, 0.05) is 20.0 Å². The molecule has 0 aromatic carbocycles. The summed E-state index contributed by atoms with van der Waals surface area (Å²) in [5.74, 6) is -0.359. The van der Waals surface area contributed by atoms with Crippen molar-refractivity contribution >= 4 is 17.5 Å². The van der Waals surface area contributed by atoms with E-state index in [1.807, 2.05) is 13.8 Å². The first-order chi connectivity index (χ1) is 7.99. The second kappa shape index (κ2) is 4.20. The molecule has 0 bridgehead atoms. The molecular weight excluding hydrogens is 220 g/mol. The van der Waals surface area contributed by atoms with Gasteiger partial charge in [0.2, 0.25) is 11.8 Å². The highest BCUT2D eigenvalue weighted by Crippen LogP contribution is 2.21. The number of aromatic nitrogens is 2. The Kier molecular flexibility index (Phi) is 2.87. The first-order valence-electron chi connectivity index (χ1n) is 5.55. The summed E-state index contributed by atoms with van der Waals surface area (Å²) in [7, 11) is 1.71. The van der Waals surface area contributed by atoms with E-state index < -0.39 is 0 Å². The number of anilines is 1. The van der Waals surface area contributed by atoms with Gasteiger partial charge in [-0.1, -0.05) is 0 Å². The number of nitrogens with zero attached hydrogens (tertiary/aromatic N) is 2. The van der Waals surface area contributed by atoms with E-state index in [4.69, 9.17) is 0 Å². The van der Waals surface area contributed by atoms with Gasteiger partial charge in [-0.15, -0.1) is 0 Å². The zero-order valence-corrected chi connectivity index (χ0v) is 10.2. The van der Waals surface area contributed by atoms with E-state index in [0.29, 0.717) is 6.54 Å². The molecule has 2 rings (SSSR count). The molecule has 1 aromatic heterocycles. The topological polar surface area (TPSA) is 78.1 Å². The van der Waals surface area contributed by atoms with Gasteiger partial charge in [0.25, 0.3) is 0 Å². The van der Waals surface area contributed by atoms with Crippen molar-refractivity contribution in [2.75, 3.05) is 18.9 Å². The summed E-state index contributed by atoms with van der Waals surface area (Å²) in [4.78, 5) is 24.9. The van der Waals surface area contributed by atoms with Crippen LogP contribution in [0.15, 0.2) is 0 Å². The minimum Gasteiger partial charge on any atom is -0.345 e. The third-order valence-electron chi connectivity index (χ3n) is 3.09. The molecule has 2 amide bonds. The molecule has 0 saturated carbocycles. The fourth-order valence-corrected chi connectivity index (χ4v) is 2.00. The first kappa shape index (κ1) is 11.6. The van der Waals surface area contributed by atoms with Crippen LogP contribution in [-0.4, -0.2) is 40.5 Å². The summed E-state index contributed by atoms with van der Waals surface area (Å²) in [6.07, 6.45) is 0.290. The molecule has 6 nitrogen and oxygen atoms in total. The minimum atomic E-state index is -0.263. The van der Waals surface area contributed by atoms with Crippen LogP contribution in [0.4, 0.5) is 5.69 Å². The Morgan fingerprint density at radius 2 is 2.24 bits per heavy atom. The predicted octanol–water partition coefficient (Wildman–Crippen LogP) is 0.443. The fourth-order valence-electron chi connectivity index (χ4n) is 2.00. The highest BCUT2D eigenvalue weighted by Gasteiger charge is 2.32. The highest BCUT2D eigenvalue weighted by atomic mass is 16.2. The van der Waals surface area contributed by atoms with E-state index in [1.165, 1.54) is 0 Å². The minimum absolute atomic E-state index is 0.0192. The molecule has 2 heterocycles. The molecule has 0 aliphatic carbocycles. The number of aromatic amines is 1. The van der Waals surface area contributed by atoms with Gasteiger partial charge in [0.15, 0.2) is 0 Å². The number of carbonyl (C=O) groups is 2. The van der Waals surface area contributed by atoms with Crippen LogP contribution < -0.4 is 5.32 Å². The van der Waals surface area contributed by atoms with E-state index in [-0.39, 0.29) is 24.2 Å². The van der Waals surface area contributed by atoms with Crippen LogP contribution in [0.1, 0.15) is 17.8 Å². The number of aryl methyl sites for hydroxylation is 2. The van der Waals surface area contributed by atoms with E-state index in [1.54, 1.807) is 11.9 Å². The lowest BCUT2D eigenvalue weighted by Gasteiger charge is -2.11. The fraction of sp³-hybridized carbons (Fsp3) is 0.545. The molecule has 2 N–H and O–H groups in total. The molecule has 1 fully saturated rings. The zero-order valence-electron chi connectivity index (χ0n) is 10.2. The molecule has 0 spiro atoms. The van der Waals surface area contributed by atoms with Crippen LogP contribution in [0.3, 0.4) is 0 Å². The molecule has 6 heteroatoms. The standard InChI is InChI=1S/C11H16N4O2/c1-6-10(7(2)14-13-6)12-11(17)8-4-9(16)15(3)5-8/h8H,4-5H2,1-3H3,(H,12,17)(H,13,14). The molecule has 92 valence electrons. The zero-order chi connectivity index (χ0) is 12.6. The van der Waals surface area contributed by atoms with E-state index >= 15 is 0 Å². The molecule has 1 saturated heterocycles. The van der Waals surface area contributed by atoms with Crippen LogP contribution in [-0.2, 0) is 9.59 Å². The average Bonchev–Trinajstić information content (AvgIpc) is 2.76. The molecule has 1 aliphatic rings. The Hall–Kier alpha value is -1.85. The summed E-state index contributed by atoms with van der Waals surface area (Å²) in [6, 6.07) is 0. The molecule has 1 unspecified atom stereocenters. The number of hydrogen-bond acceptors (Lipinski definition) is 3. The van der Waals surface area contributed by atoms with Crippen molar-refractivity contribution in [2.45, 2.75) is 20.3 Å². The van der Waals surface area contributed by atoms with Crippen molar-refractivity contribution in [3.63, 3.8) is 0 Å². The van der Waals surface area contributed by atoms with Gasteiger partial charge >= 0.3 is 0 Å². The van der Waals surface area contributed by atoms with Crippen molar-refractivity contribution < 1.29 is 9.59 Å². The number of carbonyl (C=O) groups excluding carboxylic acids is 2. The van der Waals surface area contributed by atoms with E-state index in [0.717, 1.165) is 17.1 Å². The van der Waals surface area contributed by atoms with Crippen molar-refractivity contribution in [1.82, 2.24) is 15.1 Å². The predicted molar refractivity (Wildman–Crippen MR) is 62.4 cm³/mol. The Morgan fingerprint density at radius 3 is 2.71 bits per heavy atom. The highest BCUT2D eigenvalue weighted by molar-refractivity contribution is 5.97. The van der Waals surface area contributed by atoms with Crippen molar-refractivity contribution in [3.8, 4) is 0 Å². The summed E-state index contributed by atoms with van der Waals surface area (Å²) in [5, 5.41) is 9.65. The summed E-state index contributed by atoms with van der Waals surface area (Å²) in [5.41, 5.74) is 2.30. The van der Waals surface area contributed by atoms with Gasteiger partial charge in [-0.25, -0.2) is 0 Å². The molecule has 17 heavy (non-hydrogen) atoms. The number of likely N-dealkylation sites (tertiary alicyclic amines) is 1. The van der Waals surface area contributed by atoms with Crippen LogP contribution in [0.2, 0.25) is 0 Å². The summed E-state index contributed by atoms with van der Waals surface area (Å²) >= 11 is 0. The Morgan fingerprint density at radius 1 is 1.53 bits per heavy atom. The average molecular weight is 236 g/mol. The molecule has 1 aliphatic heterocycles. The van der Waals surface area contributed by atoms with E-state index in [2.05, 4.69) is 15.5 Å². The van der Waals surface area contributed by atoms with Gasteiger partial charge in [0.05, 0.1) is 23.0 Å². The molecule has 1 atom stereocenters. The molecule has 1 aromatic rings. The van der Waals surface area contributed by atoms with E-state index in [9.17, 15) is 9.59 Å². The number of amides is 2. The van der Waals surface area contributed by atoms with Crippen LogP contribution in [0.5, 0.6) is 0 Å². The third-order valence-corrected chi connectivity index (χ3v) is 3.09. The molecule has 0 radical (unpaired) electrons. The maximum Gasteiger partial charge on any atom is 0.229 e. The van der Waals surface area contributed by atoms with Crippen LogP contribution in [0, 0.1) is 19.8 Å². The van der Waals surface area contributed by atoms with Crippen molar-refractivity contribution in [2.24, 2.45) is 5.92 Å². The second-order valence-electron chi connectivity index (χ2n) is 4.47. The summed E-state index contributed by atoms with van der Waals surface area (Å²) < 4.78 is 0. The summed E-state index contributed by atoms with van der Waals surface area (Å²) in [6.45, 7) is 4.16. The monoisotopic (exact) mass is 236 g/mol. The van der Waals surface area contributed by atoms with Crippen molar-refractivity contribution in [1.29, 1.82) is 0 Å². The maximum atomic E-state index is 12.0. The normalized spacial score (nSPS) is 19.8. The Labute approximate surface area is 99.4 Å². The number of nitrogens with one attached hydrogen (secondary N) is 2. The van der Waals surface area contributed by atoms with Crippen molar-refractivity contribution in [3.05, 3.63) is 11.4 Å². The van der Waals surface area contributed by atoms with Gasteiger partial charge in [-0.3, -0.25) is 14.7 Å². The van der Waals surface area contributed by atoms with Crippen LogP contribution in [0.25, 0.3) is 0 Å². The van der Waals surface area contributed by atoms with Gasteiger partial charge in [-0.2, -0.15) is 5.10 Å². The lowest BCUT2D eigenvalue weighted by Crippen LogP contribution is -2.26. The van der Waals surface area contributed by atoms with Crippen LogP contribution >= 0.6 is 0 Å². The second-order valence-corrected chi connectivity index (χ2v) is 4.47. The third kappa shape index (κ3) is 2.15. The van der Waals surface area contributed by atoms with Gasteiger partial charge < -0.3 is 10.2 Å². The molecular formula is C11H16N4O2. The lowest BCUT2D eigenvalue weighted by atomic mass is 10.1. The number of H-pyrrole nitrogens is 1. The quantitative estimate of drug-likeness (QED) is 0.782. The number of hydrogen-bond donors (Lipinski definition) is 2. The Bertz CT molecular complexity index is 447. The lowest BCUT2D eigenvalue weighted by molar-refractivity contribution is -0.127. The van der Waals surface area contributed by atoms with Gasteiger partial charge in [-0.05, 0) is 13.8 Å². The maximum absolute atomic E-state index is 12.0. The van der Waals surface area contributed by atoms with Gasteiger partial charge in [0.1, 0.15) is 0 Å². The largest absolute Gasteiger partial charge is 0.345 e.